The predicted octanol–water partition coefficient (Wildman–Crippen LogP) is 9.28. The second kappa shape index (κ2) is 15.8. The highest BCUT2D eigenvalue weighted by molar-refractivity contribution is 5.80. The maximum atomic E-state index is 13.2. The highest BCUT2D eigenvalue weighted by Gasteiger charge is 2.37. The van der Waals surface area contributed by atoms with Crippen LogP contribution in [-0.2, 0) is 4.79 Å². The first-order valence-electron chi connectivity index (χ1n) is 14.9. The monoisotopic (exact) mass is 592 g/mol. The minimum Gasteiger partial charge on any atom is -0.336 e. The number of hydrogen-bond donors (Lipinski definition) is 2. The first kappa shape index (κ1) is 34.9. The van der Waals surface area contributed by atoms with E-state index in [0.717, 1.165) is 77.0 Å². The van der Waals surface area contributed by atoms with Crippen molar-refractivity contribution in [2.45, 2.75) is 134 Å². The van der Waals surface area contributed by atoms with Crippen molar-refractivity contribution in [2.75, 3.05) is 0 Å². The standard InChI is InChI=1S/C31H46F6N2O2/c1-4-25(30(32,33)34)21-26(31(35,36)37)16-17-27(40)11-7-9-23-12-14-24(15-13-23)10-8-20-29(18-5-6-19-29)39-28(41)38-22(2)3/h4,16,21-24H,1,5-15,17-20H2,2-3H3,(H2,38,39,41)/b25-21+,26-16+. The number of carbonyl (C=O) groups is 2. The first-order chi connectivity index (χ1) is 19.1. The van der Waals surface area contributed by atoms with Crippen molar-refractivity contribution in [2.24, 2.45) is 11.8 Å². The Morgan fingerprint density at radius 1 is 0.902 bits per heavy atom. The van der Waals surface area contributed by atoms with E-state index in [4.69, 9.17) is 0 Å². The number of halogens is 6. The van der Waals surface area contributed by atoms with E-state index >= 15 is 0 Å². The number of nitrogens with one attached hydrogen (secondary N) is 2. The van der Waals surface area contributed by atoms with Gasteiger partial charge in [0.1, 0.15) is 5.78 Å². The van der Waals surface area contributed by atoms with Crippen LogP contribution < -0.4 is 10.6 Å². The molecule has 0 aromatic rings. The average Bonchev–Trinajstić information content (AvgIpc) is 3.31. The van der Waals surface area contributed by atoms with Gasteiger partial charge in [0.15, 0.2) is 0 Å². The lowest BCUT2D eigenvalue weighted by atomic mass is 9.77. The normalized spacial score (nSPS) is 22.1. The molecule has 2 rings (SSSR count). The fraction of sp³-hybridized carbons (Fsp3) is 0.742. The number of hydrogen-bond acceptors (Lipinski definition) is 2. The van der Waals surface area contributed by atoms with E-state index in [2.05, 4.69) is 17.2 Å². The molecule has 0 aromatic carbocycles. The molecule has 2 amide bonds. The van der Waals surface area contributed by atoms with E-state index in [1.54, 1.807) is 0 Å². The van der Waals surface area contributed by atoms with Crippen LogP contribution in [0.2, 0.25) is 0 Å². The van der Waals surface area contributed by atoms with Gasteiger partial charge >= 0.3 is 18.4 Å². The van der Waals surface area contributed by atoms with E-state index in [0.29, 0.717) is 30.4 Å². The lowest BCUT2D eigenvalue weighted by molar-refractivity contribution is -0.118. The second-order valence-electron chi connectivity index (χ2n) is 12.1. The van der Waals surface area contributed by atoms with Gasteiger partial charge in [-0.3, -0.25) is 4.79 Å². The van der Waals surface area contributed by atoms with E-state index in [1.165, 1.54) is 0 Å². The number of carbonyl (C=O) groups excluding carboxylic acids is 2. The summed E-state index contributed by atoms with van der Waals surface area (Å²) in [6.07, 6.45) is 3.69. The summed E-state index contributed by atoms with van der Waals surface area (Å²) < 4.78 is 78.1. The Balaban J connectivity index is 1.72. The summed E-state index contributed by atoms with van der Waals surface area (Å²) in [6, 6.07) is 0.0126. The zero-order valence-corrected chi connectivity index (χ0v) is 24.4. The summed E-state index contributed by atoms with van der Waals surface area (Å²) in [5.74, 6) is 0.706. The predicted molar refractivity (Wildman–Crippen MR) is 149 cm³/mol. The molecule has 10 heteroatoms. The van der Waals surface area contributed by atoms with E-state index in [-0.39, 0.29) is 30.1 Å². The summed E-state index contributed by atoms with van der Waals surface area (Å²) in [6.45, 7) is 6.83. The van der Waals surface area contributed by atoms with E-state index in [1.807, 2.05) is 13.8 Å². The fourth-order valence-electron chi connectivity index (χ4n) is 6.16. The molecule has 4 nitrogen and oxygen atoms in total. The highest BCUT2D eigenvalue weighted by Crippen LogP contribution is 2.38. The van der Waals surface area contributed by atoms with Crippen LogP contribution in [0.25, 0.3) is 0 Å². The quantitative estimate of drug-likeness (QED) is 0.156. The Morgan fingerprint density at radius 2 is 1.44 bits per heavy atom. The van der Waals surface area contributed by atoms with Crippen molar-refractivity contribution in [3.05, 3.63) is 36.0 Å². The summed E-state index contributed by atoms with van der Waals surface area (Å²) in [5.41, 5.74) is -3.10. The number of amides is 2. The number of Topliss-reactive ketones (excluding diaryl/α,β-unsaturated/α-hetero) is 1. The lowest BCUT2D eigenvalue weighted by Crippen LogP contribution is -2.51. The molecular formula is C31H46F6N2O2. The van der Waals surface area contributed by atoms with Gasteiger partial charge in [-0.05, 0) is 57.4 Å². The van der Waals surface area contributed by atoms with Gasteiger partial charge in [-0.15, -0.1) is 0 Å². The topological polar surface area (TPSA) is 58.2 Å². The molecule has 2 fully saturated rings. The molecule has 0 spiro atoms. The first-order valence-corrected chi connectivity index (χ1v) is 14.9. The van der Waals surface area contributed by atoms with Crippen molar-refractivity contribution < 1.29 is 35.9 Å². The average molecular weight is 593 g/mol. The number of ketones is 1. The molecule has 41 heavy (non-hydrogen) atoms. The zero-order chi connectivity index (χ0) is 30.7. The van der Waals surface area contributed by atoms with Crippen LogP contribution in [0.15, 0.2) is 36.0 Å². The molecular weight excluding hydrogens is 546 g/mol. The van der Waals surface area contributed by atoms with Crippen LogP contribution in [0.3, 0.4) is 0 Å². The zero-order valence-electron chi connectivity index (χ0n) is 24.4. The molecule has 0 saturated heterocycles. The third-order valence-electron chi connectivity index (χ3n) is 8.40. The summed E-state index contributed by atoms with van der Waals surface area (Å²) in [7, 11) is 0. The van der Waals surface area contributed by atoms with E-state index < -0.39 is 35.7 Å². The van der Waals surface area contributed by atoms with E-state index in [9.17, 15) is 35.9 Å². The Labute approximate surface area is 240 Å². The number of rotatable bonds is 14. The second-order valence-corrected chi connectivity index (χ2v) is 12.1. The molecule has 234 valence electrons. The number of alkyl halides is 6. The minimum absolute atomic E-state index is 0.00750. The summed E-state index contributed by atoms with van der Waals surface area (Å²) >= 11 is 0. The van der Waals surface area contributed by atoms with Gasteiger partial charge in [-0.1, -0.05) is 76.5 Å². The fourth-order valence-corrected chi connectivity index (χ4v) is 6.16. The number of allylic oxidation sites excluding steroid dienone is 5. The maximum Gasteiger partial charge on any atom is 0.416 e. The number of urea groups is 1. The molecule has 0 atom stereocenters. The van der Waals surface area contributed by atoms with Gasteiger partial charge in [0, 0.05) is 24.4 Å². The lowest BCUT2D eigenvalue weighted by Gasteiger charge is -2.33. The molecule has 0 unspecified atom stereocenters. The molecule has 0 heterocycles. The van der Waals surface area contributed by atoms with Crippen molar-refractivity contribution in [1.29, 1.82) is 0 Å². The van der Waals surface area contributed by atoms with Gasteiger partial charge in [0.2, 0.25) is 0 Å². The SMILES string of the molecule is C=C/C(=C\C(=C/CC(=O)CCCC1CCC(CCCC2(NC(=O)NC(C)C)CCCC2)CC1)C(F)(F)F)C(F)(F)F. The smallest absolute Gasteiger partial charge is 0.336 e. The Kier molecular flexibility index (Phi) is 13.5. The van der Waals surface area contributed by atoms with Gasteiger partial charge in [-0.2, -0.15) is 26.3 Å². The van der Waals surface area contributed by atoms with Crippen LogP contribution in [0.5, 0.6) is 0 Å². The van der Waals surface area contributed by atoms with Gasteiger partial charge in [0.25, 0.3) is 0 Å². The molecule has 2 aliphatic carbocycles. The molecule has 0 radical (unpaired) electrons. The Hall–Kier alpha value is -2.26. The van der Waals surface area contributed by atoms with Crippen LogP contribution in [0.4, 0.5) is 31.1 Å². The minimum atomic E-state index is -5.00. The molecule has 2 N–H and O–H groups in total. The van der Waals surface area contributed by atoms with Crippen molar-refractivity contribution in [3.63, 3.8) is 0 Å². The summed E-state index contributed by atoms with van der Waals surface area (Å²) in [4.78, 5) is 24.5. The molecule has 0 aromatic heterocycles. The maximum absolute atomic E-state index is 13.2. The highest BCUT2D eigenvalue weighted by atomic mass is 19.4. The third kappa shape index (κ3) is 12.6. The molecule has 2 aliphatic rings. The Bertz CT molecular complexity index is 922. The van der Waals surface area contributed by atoms with Crippen molar-refractivity contribution in [3.8, 4) is 0 Å². The Morgan fingerprint density at radius 3 is 1.93 bits per heavy atom. The summed E-state index contributed by atoms with van der Waals surface area (Å²) in [5, 5.41) is 6.18. The van der Waals surface area contributed by atoms with Crippen molar-refractivity contribution >= 4 is 11.8 Å². The molecule has 2 saturated carbocycles. The third-order valence-corrected chi connectivity index (χ3v) is 8.40. The van der Waals surface area contributed by atoms with Crippen molar-refractivity contribution in [1.82, 2.24) is 10.6 Å². The van der Waals surface area contributed by atoms with Crippen LogP contribution in [-0.4, -0.2) is 35.7 Å². The molecule has 0 bridgehead atoms. The van der Waals surface area contributed by atoms with Crippen LogP contribution in [0.1, 0.15) is 110 Å². The van der Waals surface area contributed by atoms with Gasteiger partial charge < -0.3 is 10.6 Å². The largest absolute Gasteiger partial charge is 0.416 e. The molecule has 0 aliphatic heterocycles. The van der Waals surface area contributed by atoms with Gasteiger partial charge in [0.05, 0.1) is 11.1 Å². The van der Waals surface area contributed by atoms with Crippen LogP contribution >= 0.6 is 0 Å². The van der Waals surface area contributed by atoms with Crippen LogP contribution in [0, 0.1) is 11.8 Å². The van der Waals surface area contributed by atoms with Gasteiger partial charge in [-0.25, -0.2) is 4.79 Å².